The van der Waals surface area contributed by atoms with E-state index >= 15 is 0 Å². The Kier molecular flexibility index (Phi) is 26.7. The van der Waals surface area contributed by atoms with Crippen molar-refractivity contribution in [1.29, 1.82) is 0 Å². The van der Waals surface area contributed by atoms with Gasteiger partial charge in [0.05, 0.1) is 0 Å². The van der Waals surface area contributed by atoms with Crippen molar-refractivity contribution in [3.8, 4) is 0 Å². The molecule has 0 spiro atoms. The van der Waals surface area contributed by atoms with Crippen molar-refractivity contribution >= 4 is 84.5 Å². The molecule has 48 valence electrons. The summed E-state index contributed by atoms with van der Waals surface area (Å²) in [5.74, 6) is 0. The molecule has 0 rings (SSSR count). The molecular weight excluding hydrogens is 186 g/mol. The molecule has 0 fully saturated rings. The Hall–Kier alpha value is 2.54. The second-order valence-electron chi connectivity index (χ2n) is 0.600. The van der Waals surface area contributed by atoms with Gasteiger partial charge in [-0.3, -0.25) is 0 Å². The molecule has 0 aromatic carbocycles. The third-order valence-corrected chi connectivity index (χ3v) is 0. The molecule has 0 aromatic rings. The number of hydrogen-bond donors (Lipinski definition) is 5. The molecule has 0 aromatic heterocycles. The number of hydrogen-bond acceptors (Lipinski definition) is 5. The van der Waals surface area contributed by atoms with Gasteiger partial charge in [-0.1, -0.05) is 0 Å². The first-order valence-corrected chi connectivity index (χ1v) is 2.68. The summed E-state index contributed by atoms with van der Waals surface area (Å²) in [7, 11) is -4.61. The minimum absolute atomic E-state index is 0. The molecule has 0 aliphatic rings. The molecule has 0 atom stereocenters. The van der Waals surface area contributed by atoms with E-state index in [4.69, 9.17) is 19.2 Å². The molecule has 0 saturated carbocycles. The van der Waals surface area contributed by atoms with Crippen LogP contribution in [0.25, 0.3) is 0 Å². The van der Waals surface area contributed by atoms with Crippen molar-refractivity contribution in [2.45, 2.75) is 0 Å². The molecule has 0 unspecified atom stereocenters. The van der Waals surface area contributed by atoms with Gasteiger partial charge in [0.1, 0.15) is 0 Å². The molecule has 0 radical (unpaired) electrons. The SMILES string of the molecule is N.O[Si](O)(O)O.[CaH2].[CaH2]. The first-order valence-electron chi connectivity index (χ1n) is 0.894. The van der Waals surface area contributed by atoms with Crippen LogP contribution in [0.2, 0.25) is 0 Å². The predicted octanol–water partition coefficient (Wildman–Crippen LogP) is -4.28. The molecular formula is H11Ca2NO4Si. The van der Waals surface area contributed by atoms with E-state index in [-0.39, 0.29) is 81.6 Å². The van der Waals surface area contributed by atoms with Crippen LogP contribution in [0.3, 0.4) is 0 Å². The second kappa shape index (κ2) is 9.54. The standard InChI is InChI=1S/2Ca.H3N.H4O4Si.4H/c;;;1-5(2,3)4;;;;/h;;1H3;1-4H;;;;. The van der Waals surface area contributed by atoms with Crippen LogP contribution in [-0.2, 0) is 0 Å². The van der Waals surface area contributed by atoms with Crippen molar-refractivity contribution in [2.75, 3.05) is 0 Å². The van der Waals surface area contributed by atoms with Crippen LogP contribution >= 0.6 is 0 Å². The number of rotatable bonds is 0. The van der Waals surface area contributed by atoms with Gasteiger partial charge in [0.2, 0.25) is 0 Å². The second-order valence-corrected chi connectivity index (χ2v) is 1.80. The Morgan fingerprint density at radius 2 is 0.750 bits per heavy atom. The van der Waals surface area contributed by atoms with Crippen LogP contribution in [0, 0.1) is 0 Å². The zero-order valence-electron chi connectivity index (χ0n) is 3.00. The van der Waals surface area contributed by atoms with Gasteiger partial charge in [-0.05, 0) is 0 Å². The molecule has 7 N–H and O–H groups in total. The van der Waals surface area contributed by atoms with Crippen LogP contribution < -0.4 is 6.15 Å². The van der Waals surface area contributed by atoms with Crippen LogP contribution in [0.4, 0.5) is 0 Å². The first kappa shape index (κ1) is 22.4. The summed E-state index contributed by atoms with van der Waals surface area (Å²) < 4.78 is 0. The van der Waals surface area contributed by atoms with Gasteiger partial charge in [-0.15, -0.1) is 0 Å². The molecule has 0 amide bonds. The average molecular weight is 197 g/mol. The van der Waals surface area contributed by atoms with E-state index in [0.717, 1.165) is 0 Å². The molecule has 8 heteroatoms. The maximum atomic E-state index is 7.33. The van der Waals surface area contributed by atoms with Gasteiger partial charge in [-0.25, -0.2) is 0 Å². The van der Waals surface area contributed by atoms with Gasteiger partial charge < -0.3 is 25.3 Å². The van der Waals surface area contributed by atoms with E-state index < -0.39 is 9.05 Å². The fourth-order valence-electron chi connectivity index (χ4n) is 0. The first-order chi connectivity index (χ1) is 2.00. The summed E-state index contributed by atoms with van der Waals surface area (Å²) >= 11 is 0. The fourth-order valence-corrected chi connectivity index (χ4v) is 0. The zero-order chi connectivity index (χ0) is 4.50. The molecule has 0 heterocycles. The Morgan fingerprint density at radius 1 is 0.750 bits per heavy atom. The van der Waals surface area contributed by atoms with Crippen molar-refractivity contribution in [3.05, 3.63) is 0 Å². The van der Waals surface area contributed by atoms with Gasteiger partial charge >= 0.3 is 84.5 Å². The van der Waals surface area contributed by atoms with Gasteiger partial charge in [0, 0.05) is 0 Å². The van der Waals surface area contributed by atoms with Crippen molar-refractivity contribution in [2.24, 2.45) is 0 Å². The summed E-state index contributed by atoms with van der Waals surface area (Å²) in [4.78, 5) is 29.3. The molecule has 0 aliphatic heterocycles. The average Bonchev–Trinajstić information content (AvgIpc) is 0.722. The Bertz CT molecular complexity index is 29.5. The van der Waals surface area contributed by atoms with Crippen molar-refractivity contribution in [1.82, 2.24) is 6.15 Å². The summed E-state index contributed by atoms with van der Waals surface area (Å²) in [5.41, 5.74) is 0. The summed E-state index contributed by atoms with van der Waals surface area (Å²) in [6.07, 6.45) is 0. The zero-order valence-corrected chi connectivity index (χ0v) is 4.00. The Labute approximate surface area is 108 Å². The Balaban J connectivity index is -0.0000000267. The monoisotopic (exact) mass is 197 g/mol. The normalized spacial score (nSPS) is 7.50. The van der Waals surface area contributed by atoms with E-state index in [1.54, 1.807) is 0 Å². The van der Waals surface area contributed by atoms with E-state index in [1.165, 1.54) is 0 Å². The van der Waals surface area contributed by atoms with Gasteiger partial charge in [0.25, 0.3) is 0 Å². The summed E-state index contributed by atoms with van der Waals surface area (Å²) in [6, 6.07) is 0. The van der Waals surface area contributed by atoms with Crippen LogP contribution in [0.5, 0.6) is 0 Å². The van der Waals surface area contributed by atoms with Crippen LogP contribution in [0.1, 0.15) is 0 Å². The van der Waals surface area contributed by atoms with Crippen molar-refractivity contribution in [3.63, 3.8) is 0 Å². The maximum absolute atomic E-state index is 7.33. The quantitative estimate of drug-likeness (QED) is 0.252. The third-order valence-electron chi connectivity index (χ3n) is 0. The summed E-state index contributed by atoms with van der Waals surface area (Å²) in [6.45, 7) is 0. The molecule has 8 heavy (non-hydrogen) atoms. The van der Waals surface area contributed by atoms with E-state index in [0.29, 0.717) is 0 Å². The summed E-state index contributed by atoms with van der Waals surface area (Å²) in [5, 5.41) is 0. The molecule has 5 nitrogen and oxygen atoms in total. The third kappa shape index (κ3) is 75.4. The molecule has 0 aliphatic carbocycles. The fraction of sp³-hybridized carbons (Fsp3) is 0. The predicted molar refractivity (Wildman–Crippen MR) is 36.7 cm³/mol. The van der Waals surface area contributed by atoms with Gasteiger partial charge in [-0.2, -0.15) is 0 Å². The topological polar surface area (TPSA) is 116 Å². The van der Waals surface area contributed by atoms with Crippen LogP contribution in [0.15, 0.2) is 0 Å². The molecule has 0 bridgehead atoms. The molecule has 0 saturated heterocycles. The Morgan fingerprint density at radius 3 is 0.750 bits per heavy atom. The van der Waals surface area contributed by atoms with E-state index in [2.05, 4.69) is 0 Å². The minimum atomic E-state index is -4.61. The van der Waals surface area contributed by atoms with E-state index in [1.807, 2.05) is 0 Å². The van der Waals surface area contributed by atoms with E-state index in [9.17, 15) is 0 Å². The van der Waals surface area contributed by atoms with Crippen molar-refractivity contribution < 1.29 is 19.2 Å². The van der Waals surface area contributed by atoms with Gasteiger partial charge in [0.15, 0.2) is 0 Å². The van der Waals surface area contributed by atoms with Crippen LogP contribution in [-0.4, -0.2) is 104 Å².